The van der Waals surface area contributed by atoms with E-state index in [1.165, 1.54) is 11.6 Å². The Bertz CT molecular complexity index is 749. The molecule has 3 nitrogen and oxygen atoms in total. The van der Waals surface area contributed by atoms with Gasteiger partial charge >= 0.3 is 0 Å². The number of rotatable bonds is 2. The molecule has 0 fully saturated rings. The number of nitrogens with zero attached hydrogens (tertiary/aromatic N) is 1. The number of hydrogen-bond donors (Lipinski definition) is 1. The highest BCUT2D eigenvalue weighted by molar-refractivity contribution is 5.77. The van der Waals surface area contributed by atoms with E-state index in [2.05, 4.69) is 11.9 Å². The molecule has 19 heavy (non-hydrogen) atoms. The molecule has 0 unspecified atom stereocenters. The van der Waals surface area contributed by atoms with Crippen LogP contribution in [0.5, 0.6) is 0 Å². The topological polar surface area (TPSA) is 52.0 Å². The van der Waals surface area contributed by atoms with E-state index in [0.29, 0.717) is 16.8 Å². The van der Waals surface area contributed by atoms with Crippen molar-refractivity contribution in [1.29, 1.82) is 0 Å². The average molecular weight is 256 g/mol. The number of benzene rings is 2. The lowest BCUT2D eigenvalue weighted by Gasteiger charge is -1.98. The summed E-state index contributed by atoms with van der Waals surface area (Å²) in [6.45, 7) is 2.07. The minimum atomic E-state index is -0.428. The molecular formula is C15H13FN2O. The molecular weight excluding hydrogens is 243 g/mol. The fourth-order valence-corrected chi connectivity index (χ4v) is 2.01. The summed E-state index contributed by atoms with van der Waals surface area (Å²) >= 11 is 0. The Hall–Kier alpha value is -2.36. The van der Waals surface area contributed by atoms with Gasteiger partial charge in [0.15, 0.2) is 5.58 Å². The lowest BCUT2D eigenvalue weighted by molar-refractivity contribution is 0.594. The van der Waals surface area contributed by atoms with Crippen LogP contribution < -0.4 is 5.73 Å². The molecule has 0 amide bonds. The Balaban J connectivity index is 2.14. The number of aromatic nitrogens is 1. The minimum Gasteiger partial charge on any atom is -0.436 e. The highest BCUT2D eigenvalue weighted by Gasteiger charge is 2.12. The zero-order valence-electron chi connectivity index (χ0n) is 10.5. The fourth-order valence-electron chi connectivity index (χ4n) is 2.01. The van der Waals surface area contributed by atoms with Gasteiger partial charge in [-0.05, 0) is 42.3 Å². The summed E-state index contributed by atoms with van der Waals surface area (Å²) in [5.74, 6) is -0.150. The number of halogens is 1. The van der Waals surface area contributed by atoms with E-state index in [4.69, 9.17) is 10.2 Å². The first-order chi connectivity index (χ1) is 9.17. The van der Waals surface area contributed by atoms with E-state index < -0.39 is 5.82 Å². The van der Waals surface area contributed by atoms with Crippen LogP contribution in [0.25, 0.3) is 22.6 Å². The van der Waals surface area contributed by atoms with Crippen LogP contribution in [-0.4, -0.2) is 4.98 Å². The molecule has 0 aliphatic carbocycles. The third kappa shape index (κ3) is 2.05. The van der Waals surface area contributed by atoms with Gasteiger partial charge in [-0.25, -0.2) is 9.37 Å². The van der Waals surface area contributed by atoms with Crippen molar-refractivity contribution >= 4 is 16.8 Å². The van der Waals surface area contributed by atoms with Crippen LogP contribution in [-0.2, 0) is 6.42 Å². The SMILES string of the molecule is CCc1ccc2oc(-c3ccc(N)cc3F)nc2c1. The number of nitrogens with two attached hydrogens (primary N) is 1. The predicted octanol–water partition coefficient (Wildman–Crippen LogP) is 3.78. The first-order valence-electron chi connectivity index (χ1n) is 6.12. The summed E-state index contributed by atoms with van der Waals surface area (Å²) in [6, 6.07) is 10.3. The number of nitrogen functional groups attached to an aromatic ring is 1. The van der Waals surface area contributed by atoms with Crippen LogP contribution in [0.4, 0.5) is 10.1 Å². The average Bonchev–Trinajstić information content (AvgIpc) is 2.80. The third-order valence-corrected chi connectivity index (χ3v) is 3.08. The molecule has 4 heteroatoms. The number of hydrogen-bond acceptors (Lipinski definition) is 3. The maximum Gasteiger partial charge on any atom is 0.230 e. The molecule has 3 rings (SSSR count). The molecule has 1 aromatic heterocycles. The largest absolute Gasteiger partial charge is 0.436 e. The molecule has 0 bridgehead atoms. The monoisotopic (exact) mass is 256 g/mol. The molecule has 1 heterocycles. The van der Waals surface area contributed by atoms with Gasteiger partial charge in [0.2, 0.25) is 5.89 Å². The molecule has 0 aliphatic heterocycles. The van der Waals surface area contributed by atoms with Crippen LogP contribution in [0.3, 0.4) is 0 Å². The summed E-state index contributed by atoms with van der Waals surface area (Å²) in [6.07, 6.45) is 0.925. The van der Waals surface area contributed by atoms with Crippen molar-refractivity contribution in [2.45, 2.75) is 13.3 Å². The van der Waals surface area contributed by atoms with Gasteiger partial charge in [0.1, 0.15) is 11.3 Å². The van der Waals surface area contributed by atoms with Gasteiger partial charge < -0.3 is 10.2 Å². The Kier molecular flexibility index (Phi) is 2.71. The predicted molar refractivity (Wildman–Crippen MR) is 73.2 cm³/mol. The summed E-state index contributed by atoms with van der Waals surface area (Å²) in [4.78, 5) is 4.33. The molecule has 3 aromatic rings. The second-order valence-corrected chi connectivity index (χ2v) is 4.41. The summed E-state index contributed by atoms with van der Waals surface area (Å²) in [5.41, 5.74) is 8.80. The summed E-state index contributed by atoms with van der Waals surface area (Å²) in [5, 5.41) is 0. The lowest BCUT2D eigenvalue weighted by atomic mass is 10.1. The van der Waals surface area contributed by atoms with Gasteiger partial charge in [-0.2, -0.15) is 0 Å². The number of anilines is 1. The van der Waals surface area contributed by atoms with Crippen molar-refractivity contribution < 1.29 is 8.81 Å². The van der Waals surface area contributed by atoms with E-state index >= 15 is 0 Å². The van der Waals surface area contributed by atoms with Gasteiger partial charge in [0, 0.05) is 5.69 Å². The maximum absolute atomic E-state index is 13.8. The van der Waals surface area contributed by atoms with Gasteiger partial charge in [-0.1, -0.05) is 13.0 Å². The second-order valence-electron chi connectivity index (χ2n) is 4.41. The minimum absolute atomic E-state index is 0.278. The quantitative estimate of drug-likeness (QED) is 0.710. The molecule has 0 saturated heterocycles. The van der Waals surface area contributed by atoms with E-state index in [1.807, 2.05) is 18.2 Å². The van der Waals surface area contributed by atoms with Crippen molar-refractivity contribution in [3.8, 4) is 11.5 Å². The molecule has 0 aliphatic rings. The Morgan fingerprint density at radius 3 is 2.79 bits per heavy atom. The van der Waals surface area contributed by atoms with Gasteiger partial charge in [0.05, 0.1) is 5.56 Å². The van der Waals surface area contributed by atoms with Crippen molar-refractivity contribution in [3.05, 3.63) is 47.8 Å². The van der Waals surface area contributed by atoms with Crippen LogP contribution in [0.15, 0.2) is 40.8 Å². The number of oxazole rings is 1. The molecule has 96 valence electrons. The summed E-state index contributed by atoms with van der Waals surface area (Å²) in [7, 11) is 0. The van der Waals surface area contributed by atoms with Crippen LogP contribution in [0.2, 0.25) is 0 Å². The zero-order valence-corrected chi connectivity index (χ0v) is 10.5. The normalized spacial score (nSPS) is 11.1. The van der Waals surface area contributed by atoms with Crippen molar-refractivity contribution in [2.24, 2.45) is 0 Å². The van der Waals surface area contributed by atoms with Crippen molar-refractivity contribution in [3.63, 3.8) is 0 Å². The smallest absolute Gasteiger partial charge is 0.230 e. The Morgan fingerprint density at radius 1 is 1.21 bits per heavy atom. The van der Waals surface area contributed by atoms with E-state index in [1.54, 1.807) is 12.1 Å². The first kappa shape index (κ1) is 11.7. The molecule has 0 atom stereocenters. The van der Waals surface area contributed by atoms with Crippen LogP contribution >= 0.6 is 0 Å². The van der Waals surface area contributed by atoms with Gasteiger partial charge in [-0.3, -0.25) is 0 Å². The van der Waals surface area contributed by atoms with Gasteiger partial charge in [0.25, 0.3) is 0 Å². The molecule has 2 aromatic carbocycles. The summed E-state index contributed by atoms with van der Waals surface area (Å²) < 4.78 is 19.4. The Labute approximate surface area is 109 Å². The number of aryl methyl sites for hydroxylation is 1. The van der Waals surface area contributed by atoms with Crippen LogP contribution in [0.1, 0.15) is 12.5 Å². The van der Waals surface area contributed by atoms with E-state index in [-0.39, 0.29) is 5.89 Å². The van der Waals surface area contributed by atoms with Crippen LogP contribution in [0, 0.1) is 5.82 Å². The standard InChI is InChI=1S/C15H13FN2O/c1-2-9-3-6-14-13(7-9)18-15(19-14)11-5-4-10(17)8-12(11)16/h3-8H,2,17H2,1H3. The first-order valence-corrected chi connectivity index (χ1v) is 6.12. The fraction of sp³-hybridized carbons (Fsp3) is 0.133. The number of fused-ring (bicyclic) bond motifs is 1. The molecule has 0 radical (unpaired) electrons. The lowest BCUT2D eigenvalue weighted by Crippen LogP contribution is -1.89. The zero-order chi connectivity index (χ0) is 13.4. The molecule has 0 saturated carbocycles. The van der Waals surface area contributed by atoms with E-state index in [9.17, 15) is 4.39 Å². The highest BCUT2D eigenvalue weighted by atomic mass is 19.1. The van der Waals surface area contributed by atoms with Crippen molar-refractivity contribution in [2.75, 3.05) is 5.73 Å². The highest BCUT2D eigenvalue weighted by Crippen LogP contribution is 2.27. The second kappa shape index (κ2) is 4.39. The molecule has 0 spiro atoms. The maximum atomic E-state index is 13.8. The van der Waals surface area contributed by atoms with Crippen molar-refractivity contribution in [1.82, 2.24) is 4.98 Å². The third-order valence-electron chi connectivity index (χ3n) is 3.08. The molecule has 2 N–H and O–H groups in total. The Morgan fingerprint density at radius 2 is 2.05 bits per heavy atom. The van der Waals surface area contributed by atoms with E-state index in [0.717, 1.165) is 11.9 Å². The van der Waals surface area contributed by atoms with Gasteiger partial charge in [-0.15, -0.1) is 0 Å².